The van der Waals surface area contributed by atoms with Crippen LogP contribution in [0.1, 0.15) is 23.7 Å². The van der Waals surface area contributed by atoms with Crippen molar-refractivity contribution in [1.29, 1.82) is 0 Å². The molecule has 166 valence electrons. The average Bonchev–Trinajstić information content (AvgIpc) is 3.57. The smallest absolute Gasteiger partial charge is 0.257 e. The van der Waals surface area contributed by atoms with Gasteiger partial charge in [0.25, 0.3) is 5.91 Å². The quantitative estimate of drug-likeness (QED) is 0.455. The number of nitrogens with one attached hydrogen (secondary N) is 1. The van der Waals surface area contributed by atoms with E-state index in [-0.39, 0.29) is 41.4 Å². The maximum absolute atomic E-state index is 13.0. The number of thiazole rings is 1. The summed E-state index contributed by atoms with van der Waals surface area (Å²) in [5.41, 5.74) is 1.72. The number of anilines is 2. The minimum atomic E-state index is -0.302. The van der Waals surface area contributed by atoms with Crippen LogP contribution in [0.5, 0.6) is 5.75 Å². The van der Waals surface area contributed by atoms with E-state index in [0.29, 0.717) is 23.0 Å². The molecule has 1 saturated carbocycles. The number of amides is 3. The van der Waals surface area contributed by atoms with Crippen LogP contribution in [0.3, 0.4) is 0 Å². The Kier molecular flexibility index (Phi) is 4.58. The van der Waals surface area contributed by atoms with Gasteiger partial charge in [-0.05, 0) is 67.6 Å². The Balaban J connectivity index is 1.18. The number of carbonyl (C=O) groups is 3. The van der Waals surface area contributed by atoms with E-state index < -0.39 is 0 Å². The summed E-state index contributed by atoms with van der Waals surface area (Å²) in [6.45, 7) is 2.51. The van der Waals surface area contributed by atoms with E-state index in [4.69, 9.17) is 4.74 Å². The van der Waals surface area contributed by atoms with Gasteiger partial charge in [-0.15, -0.1) is 0 Å². The first kappa shape index (κ1) is 20.1. The molecular formula is C25H21N3O4S. The Morgan fingerprint density at radius 3 is 2.45 bits per heavy atom. The molecule has 1 aliphatic heterocycles. The van der Waals surface area contributed by atoms with Crippen LogP contribution in [0.25, 0.3) is 10.2 Å². The van der Waals surface area contributed by atoms with Crippen LogP contribution in [-0.2, 0) is 9.59 Å². The van der Waals surface area contributed by atoms with Crippen molar-refractivity contribution in [2.45, 2.75) is 13.3 Å². The molecule has 3 amide bonds. The molecular weight excluding hydrogens is 438 g/mol. The summed E-state index contributed by atoms with van der Waals surface area (Å²) in [6, 6.07) is 12.2. The standard InChI is InChI=1S/C25H21N3O4S/c1-2-32-17-9-10-18-19(12-17)33-25(26-18)27-22(29)13-5-7-16(8-6-13)28-23(30)20-14-3-4-15(11-14)21(20)24(28)31/h3-10,12,14-15,20-21H,2,11H2,1H3,(H,26,27,29)/t14-,15-,20+,21+/m0/s1. The zero-order chi connectivity index (χ0) is 22.7. The second-order valence-electron chi connectivity index (χ2n) is 8.59. The molecule has 6 rings (SSSR count). The second kappa shape index (κ2) is 7.52. The van der Waals surface area contributed by atoms with Crippen LogP contribution >= 0.6 is 11.3 Å². The zero-order valence-electron chi connectivity index (χ0n) is 17.9. The van der Waals surface area contributed by atoms with Crippen molar-refractivity contribution < 1.29 is 19.1 Å². The van der Waals surface area contributed by atoms with Crippen molar-refractivity contribution in [2.24, 2.45) is 23.7 Å². The number of nitrogens with zero attached hydrogens (tertiary/aromatic N) is 2. The molecule has 3 aliphatic rings. The molecule has 2 aromatic carbocycles. The van der Waals surface area contributed by atoms with Gasteiger partial charge < -0.3 is 4.74 Å². The number of imide groups is 1. The Hall–Kier alpha value is -3.52. The normalized spacial score (nSPS) is 25.2. The molecule has 2 heterocycles. The number of ether oxygens (including phenoxy) is 1. The molecule has 33 heavy (non-hydrogen) atoms. The van der Waals surface area contributed by atoms with Gasteiger partial charge in [0.05, 0.1) is 34.3 Å². The molecule has 7 nitrogen and oxygen atoms in total. The molecule has 2 fully saturated rings. The van der Waals surface area contributed by atoms with Gasteiger partial charge in [0.15, 0.2) is 5.13 Å². The highest BCUT2D eigenvalue weighted by Gasteiger charge is 2.59. The highest BCUT2D eigenvalue weighted by molar-refractivity contribution is 7.22. The SMILES string of the molecule is CCOc1ccc2nc(NC(=O)c3ccc(N4C(=O)[C@H]5[C@H](C4=O)[C@H]4C=C[C@H]5C4)cc3)sc2c1. The number of rotatable bonds is 5. The average molecular weight is 460 g/mol. The van der Waals surface area contributed by atoms with Crippen molar-refractivity contribution in [3.8, 4) is 5.75 Å². The van der Waals surface area contributed by atoms with Gasteiger partial charge in [0.2, 0.25) is 11.8 Å². The fourth-order valence-electron chi connectivity index (χ4n) is 5.30. The molecule has 3 aromatic rings. The maximum Gasteiger partial charge on any atom is 0.257 e. The third kappa shape index (κ3) is 3.16. The van der Waals surface area contributed by atoms with Gasteiger partial charge in [-0.1, -0.05) is 23.5 Å². The molecule has 1 aromatic heterocycles. The van der Waals surface area contributed by atoms with E-state index in [0.717, 1.165) is 22.4 Å². The first-order valence-electron chi connectivity index (χ1n) is 11.0. The topological polar surface area (TPSA) is 88.6 Å². The summed E-state index contributed by atoms with van der Waals surface area (Å²) >= 11 is 1.37. The van der Waals surface area contributed by atoms with Crippen LogP contribution in [0.15, 0.2) is 54.6 Å². The van der Waals surface area contributed by atoms with Crippen molar-refractivity contribution in [2.75, 3.05) is 16.8 Å². The van der Waals surface area contributed by atoms with Gasteiger partial charge >= 0.3 is 0 Å². The lowest BCUT2D eigenvalue weighted by Gasteiger charge is -2.17. The second-order valence-corrected chi connectivity index (χ2v) is 9.62. The molecule has 0 spiro atoms. The Morgan fingerprint density at radius 2 is 1.79 bits per heavy atom. The predicted molar refractivity (Wildman–Crippen MR) is 125 cm³/mol. The number of benzene rings is 2. The largest absolute Gasteiger partial charge is 0.494 e. The van der Waals surface area contributed by atoms with Gasteiger partial charge in [-0.2, -0.15) is 0 Å². The van der Waals surface area contributed by atoms with E-state index in [1.165, 1.54) is 16.2 Å². The van der Waals surface area contributed by atoms with Crippen LogP contribution in [0, 0.1) is 23.7 Å². The van der Waals surface area contributed by atoms with E-state index in [2.05, 4.69) is 22.5 Å². The van der Waals surface area contributed by atoms with E-state index >= 15 is 0 Å². The molecule has 8 heteroatoms. The molecule has 2 aliphatic carbocycles. The third-order valence-corrected chi connectivity index (χ3v) is 7.68. The summed E-state index contributed by atoms with van der Waals surface area (Å²) in [5.74, 6) is 0.0788. The van der Waals surface area contributed by atoms with Crippen LogP contribution in [0.2, 0.25) is 0 Å². The van der Waals surface area contributed by atoms with Crippen LogP contribution in [-0.4, -0.2) is 29.3 Å². The molecule has 1 saturated heterocycles. The number of hydrogen-bond donors (Lipinski definition) is 1. The predicted octanol–water partition coefficient (Wildman–Crippen LogP) is 4.26. The van der Waals surface area contributed by atoms with E-state index in [1.807, 2.05) is 25.1 Å². The summed E-state index contributed by atoms with van der Waals surface area (Å²) in [6.07, 6.45) is 5.06. The lowest BCUT2D eigenvalue weighted by atomic mass is 9.85. The first-order chi connectivity index (χ1) is 16.0. The van der Waals surface area contributed by atoms with Gasteiger partial charge in [-0.25, -0.2) is 4.98 Å². The summed E-state index contributed by atoms with van der Waals surface area (Å²) < 4.78 is 6.44. The van der Waals surface area contributed by atoms with Crippen LogP contribution in [0.4, 0.5) is 10.8 Å². The Labute approximate surface area is 194 Å². The summed E-state index contributed by atoms with van der Waals surface area (Å²) in [5, 5.41) is 3.32. The van der Waals surface area contributed by atoms with E-state index in [1.54, 1.807) is 24.3 Å². The van der Waals surface area contributed by atoms with Gasteiger partial charge in [0, 0.05) is 5.56 Å². The third-order valence-electron chi connectivity index (χ3n) is 6.75. The van der Waals surface area contributed by atoms with Crippen molar-refractivity contribution in [1.82, 2.24) is 4.98 Å². The highest BCUT2D eigenvalue weighted by Crippen LogP contribution is 2.53. The minimum absolute atomic E-state index is 0.125. The fraction of sp³-hybridized carbons (Fsp3) is 0.280. The maximum atomic E-state index is 13.0. The fourth-order valence-corrected chi connectivity index (χ4v) is 6.19. The number of allylic oxidation sites excluding steroid dienone is 2. The van der Waals surface area contributed by atoms with Crippen molar-refractivity contribution in [3.63, 3.8) is 0 Å². The molecule has 0 unspecified atom stereocenters. The zero-order valence-corrected chi connectivity index (χ0v) is 18.7. The molecule has 0 radical (unpaired) electrons. The van der Waals surface area contributed by atoms with Gasteiger partial charge in [-0.3, -0.25) is 24.6 Å². The molecule has 1 N–H and O–H groups in total. The Bertz CT molecular complexity index is 1300. The van der Waals surface area contributed by atoms with Gasteiger partial charge in [0.1, 0.15) is 5.75 Å². The monoisotopic (exact) mass is 459 g/mol. The summed E-state index contributed by atoms with van der Waals surface area (Å²) in [7, 11) is 0. The number of aromatic nitrogens is 1. The lowest BCUT2D eigenvalue weighted by Crippen LogP contribution is -2.32. The highest BCUT2D eigenvalue weighted by atomic mass is 32.1. The first-order valence-corrected chi connectivity index (χ1v) is 11.9. The number of fused-ring (bicyclic) bond motifs is 6. The Morgan fingerprint density at radius 1 is 1.09 bits per heavy atom. The number of carbonyl (C=O) groups excluding carboxylic acids is 3. The van der Waals surface area contributed by atoms with E-state index in [9.17, 15) is 14.4 Å². The van der Waals surface area contributed by atoms with Crippen LogP contribution < -0.4 is 15.0 Å². The van der Waals surface area contributed by atoms with Crippen molar-refractivity contribution in [3.05, 3.63) is 60.2 Å². The minimum Gasteiger partial charge on any atom is -0.494 e. The molecule has 4 atom stereocenters. The lowest BCUT2D eigenvalue weighted by molar-refractivity contribution is -0.123. The van der Waals surface area contributed by atoms with Crippen molar-refractivity contribution >= 4 is 50.1 Å². The molecule has 2 bridgehead atoms. The number of hydrogen-bond acceptors (Lipinski definition) is 6. The summed E-state index contributed by atoms with van der Waals surface area (Å²) in [4.78, 5) is 44.5.